The van der Waals surface area contributed by atoms with Crippen LogP contribution in [-0.2, 0) is 16.4 Å². The standard InChI is InChI=1S/C24H32N2O4S/c1-18(2)16-26(31(28,29)21-10-11-24-20(15-21)12-13-30-24)17-23(27)22(25(3)4)14-19-8-6-5-7-9-19/h5-13,15,18,22-23,27H,14,16-17H2,1-4H3/t22-,23+/m0/s1. The number of aliphatic hydroxyl groups excluding tert-OH is 1. The van der Waals surface area contributed by atoms with Gasteiger partial charge in [-0.15, -0.1) is 0 Å². The van der Waals surface area contributed by atoms with E-state index in [1.807, 2.05) is 63.2 Å². The maximum absolute atomic E-state index is 13.5. The first kappa shape index (κ1) is 23.5. The zero-order chi connectivity index (χ0) is 22.6. The zero-order valence-electron chi connectivity index (χ0n) is 18.6. The molecule has 1 heterocycles. The van der Waals surface area contributed by atoms with Gasteiger partial charge in [0, 0.05) is 24.5 Å². The maximum atomic E-state index is 13.5. The van der Waals surface area contributed by atoms with E-state index in [2.05, 4.69) is 0 Å². The van der Waals surface area contributed by atoms with Crippen molar-refractivity contribution in [3.8, 4) is 0 Å². The molecular weight excluding hydrogens is 412 g/mol. The van der Waals surface area contributed by atoms with Crippen LogP contribution < -0.4 is 0 Å². The van der Waals surface area contributed by atoms with Crippen LogP contribution in [0.15, 0.2) is 70.2 Å². The highest BCUT2D eigenvalue weighted by atomic mass is 32.2. The molecule has 3 rings (SSSR count). The van der Waals surface area contributed by atoms with Crippen molar-refractivity contribution in [1.82, 2.24) is 9.21 Å². The Morgan fingerprint density at radius 3 is 2.35 bits per heavy atom. The van der Waals surface area contributed by atoms with Crippen molar-refractivity contribution in [3.63, 3.8) is 0 Å². The highest BCUT2D eigenvalue weighted by molar-refractivity contribution is 7.89. The number of sulfonamides is 1. The van der Waals surface area contributed by atoms with E-state index < -0.39 is 16.1 Å². The number of aliphatic hydroxyl groups is 1. The van der Waals surface area contributed by atoms with Crippen LogP contribution in [0.1, 0.15) is 19.4 Å². The quantitative estimate of drug-likeness (QED) is 0.517. The van der Waals surface area contributed by atoms with Crippen LogP contribution in [0.4, 0.5) is 0 Å². The van der Waals surface area contributed by atoms with Gasteiger partial charge in [-0.2, -0.15) is 4.31 Å². The van der Waals surface area contributed by atoms with Crippen molar-refractivity contribution in [2.75, 3.05) is 27.2 Å². The summed E-state index contributed by atoms with van der Waals surface area (Å²) in [5, 5.41) is 11.8. The third kappa shape index (κ3) is 5.74. The van der Waals surface area contributed by atoms with E-state index in [0.29, 0.717) is 18.5 Å². The SMILES string of the molecule is CC(C)CN(C[C@@H](O)[C@H](Cc1ccccc1)N(C)C)S(=O)(=O)c1ccc2occc2c1. The Balaban J connectivity index is 1.86. The smallest absolute Gasteiger partial charge is 0.243 e. The van der Waals surface area contributed by atoms with Gasteiger partial charge in [0.05, 0.1) is 17.3 Å². The molecule has 0 aliphatic rings. The van der Waals surface area contributed by atoms with Crippen LogP contribution in [0.25, 0.3) is 11.0 Å². The van der Waals surface area contributed by atoms with Gasteiger partial charge < -0.3 is 14.4 Å². The molecule has 6 nitrogen and oxygen atoms in total. The second-order valence-corrected chi connectivity index (χ2v) is 10.6. The Bertz CT molecular complexity index is 1080. The van der Waals surface area contributed by atoms with Crippen molar-refractivity contribution >= 4 is 21.0 Å². The van der Waals surface area contributed by atoms with Gasteiger partial charge >= 0.3 is 0 Å². The normalized spacial score (nSPS) is 14.6. The van der Waals surface area contributed by atoms with Crippen molar-refractivity contribution in [3.05, 3.63) is 66.4 Å². The highest BCUT2D eigenvalue weighted by Gasteiger charge is 2.31. The molecule has 7 heteroatoms. The second-order valence-electron chi connectivity index (χ2n) is 8.62. The Labute approximate surface area is 185 Å². The van der Waals surface area contributed by atoms with E-state index in [1.54, 1.807) is 30.5 Å². The molecule has 0 saturated carbocycles. The number of rotatable bonds is 10. The fraction of sp³-hybridized carbons (Fsp3) is 0.417. The van der Waals surface area contributed by atoms with Gasteiger partial charge in [0.2, 0.25) is 10.0 Å². The molecule has 0 bridgehead atoms. The minimum atomic E-state index is -3.78. The molecule has 2 atom stereocenters. The lowest BCUT2D eigenvalue weighted by Gasteiger charge is -2.33. The Kier molecular flexibility index (Phi) is 7.54. The number of hydrogen-bond acceptors (Lipinski definition) is 5. The number of hydrogen-bond donors (Lipinski definition) is 1. The van der Waals surface area contributed by atoms with Gasteiger partial charge in [0.1, 0.15) is 5.58 Å². The van der Waals surface area contributed by atoms with Gasteiger partial charge in [-0.3, -0.25) is 0 Å². The van der Waals surface area contributed by atoms with Gasteiger partial charge in [0.15, 0.2) is 0 Å². The van der Waals surface area contributed by atoms with E-state index in [9.17, 15) is 13.5 Å². The van der Waals surface area contributed by atoms with Gasteiger partial charge in [0.25, 0.3) is 0 Å². The second kappa shape index (κ2) is 9.96. The fourth-order valence-corrected chi connectivity index (χ4v) is 5.44. The maximum Gasteiger partial charge on any atom is 0.243 e. The molecule has 0 saturated heterocycles. The van der Waals surface area contributed by atoms with E-state index in [1.165, 1.54) is 4.31 Å². The molecule has 0 aliphatic carbocycles. The number of fused-ring (bicyclic) bond motifs is 1. The first-order chi connectivity index (χ1) is 14.7. The lowest BCUT2D eigenvalue weighted by atomic mass is 10.00. The molecule has 31 heavy (non-hydrogen) atoms. The first-order valence-corrected chi connectivity index (χ1v) is 12.0. The molecule has 0 aliphatic heterocycles. The molecule has 3 aromatic rings. The minimum absolute atomic E-state index is 0.0274. The van der Waals surface area contributed by atoms with Crippen LogP contribution in [0.3, 0.4) is 0 Å². The summed E-state index contributed by atoms with van der Waals surface area (Å²) in [5.41, 5.74) is 1.74. The molecule has 0 radical (unpaired) electrons. The third-order valence-corrected chi connectivity index (χ3v) is 7.24. The zero-order valence-corrected chi connectivity index (χ0v) is 19.4. The number of benzene rings is 2. The summed E-state index contributed by atoms with van der Waals surface area (Å²) in [6.07, 6.45) is 1.33. The van der Waals surface area contributed by atoms with E-state index in [0.717, 1.165) is 10.9 Å². The van der Waals surface area contributed by atoms with Crippen molar-refractivity contribution in [2.24, 2.45) is 5.92 Å². The molecular formula is C24H32N2O4S. The lowest BCUT2D eigenvalue weighted by Crippen LogP contribution is -2.49. The topological polar surface area (TPSA) is 74.0 Å². The molecule has 0 spiro atoms. The van der Waals surface area contributed by atoms with Crippen LogP contribution in [0, 0.1) is 5.92 Å². The molecule has 0 unspecified atom stereocenters. The summed E-state index contributed by atoms with van der Waals surface area (Å²) >= 11 is 0. The molecule has 0 amide bonds. The third-order valence-electron chi connectivity index (χ3n) is 5.42. The molecule has 0 fully saturated rings. The largest absolute Gasteiger partial charge is 0.464 e. The molecule has 168 valence electrons. The highest BCUT2D eigenvalue weighted by Crippen LogP contribution is 2.24. The summed E-state index contributed by atoms with van der Waals surface area (Å²) in [6, 6.07) is 16.3. The lowest BCUT2D eigenvalue weighted by molar-refractivity contribution is 0.0589. The van der Waals surface area contributed by atoms with Gasteiger partial charge in [-0.25, -0.2) is 8.42 Å². The van der Waals surface area contributed by atoms with E-state index in [-0.39, 0.29) is 23.4 Å². The average molecular weight is 445 g/mol. The summed E-state index contributed by atoms with van der Waals surface area (Å²) in [4.78, 5) is 2.16. The first-order valence-electron chi connectivity index (χ1n) is 10.5. The minimum Gasteiger partial charge on any atom is -0.464 e. The van der Waals surface area contributed by atoms with Crippen LogP contribution >= 0.6 is 0 Å². The fourth-order valence-electron chi connectivity index (χ4n) is 3.78. The van der Waals surface area contributed by atoms with Crippen molar-refractivity contribution in [2.45, 2.75) is 37.3 Å². The van der Waals surface area contributed by atoms with Crippen LogP contribution in [-0.4, -0.2) is 62.1 Å². The molecule has 1 aromatic heterocycles. The molecule has 1 N–H and O–H groups in total. The Morgan fingerprint density at radius 1 is 1.00 bits per heavy atom. The predicted molar refractivity (Wildman–Crippen MR) is 123 cm³/mol. The average Bonchev–Trinajstić information content (AvgIpc) is 3.19. The van der Waals surface area contributed by atoms with Crippen molar-refractivity contribution in [1.29, 1.82) is 0 Å². The van der Waals surface area contributed by atoms with Gasteiger partial charge in [-0.1, -0.05) is 44.2 Å². The van der Waals surface area contributed by atoms with Gasteiger partial charge in [-0.05, 0) is 56.3 Å². The number of nitrogens with zero attached hydrogens (tertiary/aromatic N) is 2. The van der Waals surface area contributed by atoms with E-state index >= 15 is 0 Å². The molecule has 2 aromatic carbocycles. The Morgan fingerprint density at radius 2 is 1.71 bits per heavy atom. The van der Waals surface area contributed by atoms with Crippen LogP contribution in [0.5, 0.6) is 0 Å². The summed E-state index contributed by atoms with van der Waals surface area (Å²) < 4.78 is 33.7. The number of likely N-dealkylation sites (N-methyl/N-ethyl adjacent to an activating group) is 1. The van der Waals surface area contributed by atoms with E-state index in [4.69, 9.17) is 4.42 Å². The Hall–Kier alpha value is -2.19. The monoisotopic (exact) mass is 444 g/mol. The number of furan rings is 1. The van der Waals surface area contributed by atoms with Crippen molar-refractivity contribution < 1.29 is 17.9 Å². The summed E-state index contributed by atoms with van der Waals surface area (Å²) in [5.74, 6) is 0.117. The predicted octanol–water partition coefficient (Wildman–Crippen LogP) is 3.61. The summed E-state index contributed by atoms with van der Waals surface area (Å²) in [7, 11) is 0.0359. The van der Waals surface area contributed by atoms with Crippen LogP contribution in [0.2, 0.25) is 0 Å². The summed E-state index contributed by atoms with van der Waals surface area (Å²) in [6.45, 7) is 4.30.